The summed E-state index contributed by atoms with van der Waals surface area (Å²) in [5.41, 5.74) is 4.33. The number of rotatable bonds is 1. The largest absolute Gasteiger partial charge is 0.255 e. The van der Waals surface area contributed by atoms with E-state index in [1.54, 1.807) is 6.20 Å². The molecule has 0 aromatic carbocycles. The highest BCUT2D eigenvalue weighted by atomic mass is 14.8. The predicted molar refractivity (Wildman–Crippen MR) is 56.9 cm³/mol. The molecule has 0 atom stereocenters. The van der Waals surface area contributed by atoms with Gasteiger partial charge in [0.2, 0.25) is 0 Å². The van der Waals surface area contributed by atoms with E-state index < -0.39 is 0 Å². The van der Waals surface area contributed by atoms with Gasteiger partial charge in [0.05, 0.1) is 11.4 Å². The van der Waals surface area contributed by atoms with Gasteiger partial charge in [-0.1, -0.05) is 6.07 Å². The van der Waals surface area contributed by atoms with Crippen LogP contribution in [0.3, 0.4) is 0 Å². The first-order chi connectivity index (χ1) is 6.77. The molecule has 70 valence electrons. The molecule has 0 fully saturated rings. The molecular weight excluding hydrogens is 172 g/mol. The maximum atomic E-state index is 4.35. The third-order valence-corrected chi connectivity index (χ3v) is 2.30. The van der Waals surface area contributed by atoms with Crippen LogP contribution in [-0.2, 0) is 0 Å². The average Bonchev–Trinajstić information content (AvgIpc) is 2.23. The van der Waals surface area contributed by atoms with Gasteiger partial charge in [0, 0.05) is 12.4 Å². The second-order valence-corrected chi connectivity index (χ2v) is 3.37. The van der Waals surface area contributed by atoms with Gasteiger partial charge in [-0.2, -0.15) is 0 Å². The van der Waals surface area contributed by atoms with E-state index in [0.29, 0.717) is 0 Å². The minimum atomic E-state index is 0.926. The number of nitrogens with zero attached hydrogens (tertiary/aromatic N) is 2. The van der Waals surface area contributed by atoms with Crippen LogP contribution in [0.5, 0.6) is 0 Å². The standard InChI is InChI=1S/C12H12N2/c1-9-7-12(14-8-10(9)2)11-5-3-4-6-13-11/h3-8H,1-2H3. The molecular formula is C12H12N2. The molecule has 2 heterocycles. The van der Waals surface area contributed by atoms with Gasteiger partial charge in [-0.15, -0.1) is 0 Å². The number of hydrogen-bond acceptors (Lipinski definition) is 2. The fourth-order valence-electron chi connectivity index (χ4n) is 1.28. The lowest BCUT2D eigenvalue weighted by atomic mass is 10.1. The molecule has 14 heavy (non-hydrogen) atoms. The predicted octanol–water partition coefficient (Wildman–Crippen LogP) is 2.76. The molecule has 2 rings (SSSR count). The summed E-state index contributed by atoms with van der Waals surface area (Å²) in [6, 6.07) is 7.92. The highest BCUT2D eigenvalue weighted by Crippen LogP contribution is 2.16. The van der Waals surface area contributed by atoms with E-state index in [9.17, 15) is 0 Å². The van der Waals surface area contributed by atoms with Crippen LogP contribution < -0.4 is 0 Å². The molecule has 0 spiro atoms. The van der Waals surface area contributed by atoms with E-state index in [0.717, 1.165) is 11.4 Å². The summed E-state index contributed by atoms with van der Waals surface area (Å²) in [5, 5.41) is 0. The Labute approximate surface area is 83.7 Å². The lowest BCUT2D eigenvalue weighted by Crippen LogP contribution is -1.89. The average molecular weight is 184 g/mol. The van der Waals surface area contributed by atoms with E-state index in [2.05, 4.69) is 29.9 Å². The molecule has 0 saturated heterocycles. The Kier molecular flexibility index (Phi) is 2.27. The fourth-order valence-corrected chi connectivity index (χ4v) is 1.28. The van der Waals surface area contributed by atoms with Gasteiger partial charge in [0.15, 0.2) is 0 Å². The molecule has 2 aromatic rings. The summed E-state index contributed by atoms with van der Waals surface area (Å²) in [5.74, 6) is 0. The van der Waals surface area contributed by atoms with Crippen LogP contribution in [0.25, 0.3) is 11.4 Å². The van der Waals surface area contributed by atoms with Crippen molar-refractivity contribution >= 4 is 0 Å². The first kappa shape index (κ1) is 8.88. The molecule has 0 amide bonds. The lowest BCUT2D eigenvalue weighted by molar-refractivity contribution is 1.19. The van der Waals surface area contributed by atoms with E-state index >= 15 is 0 Å². The summed E-state index contributed by atoms with van der Waals surface area (Å²) in [4.78, 5) is 8.60. The lowest BCUT2D eigenvalue weighted by Gasteiger charge is -2.02. The molecule has 2 nitrogen and oxygen atoms in total. The SMILES string of the molecule is Cc1cnc(-c2ccccn2)cc1C. The van der Waals surface area contributed by atoms with E-state index in [4.69, 9.17) is 0 Å². The normalized spacial score (nSPS) is 10.1. The van der Waals surface area contributed by atoms with Crippen molar-refractivity contribution in [2.24, 2.45) is 0 Å². The van der Waals surface area contributed by atoms with Crippen LogP contribution in [0.4, 0.5) is 0 Å². The zero-order valence-corrected chi connectivity index (χ0v) is 8.36. The third kappa shape index (κ3) is 1.64. The van der Waals surface area contributed by atoms with Gasteiger partial charge in [-0.05, 0) is 43.2 Å². The molecule has 2 aromatic heterocycles. The van der Waals surface area contributed by atoms with Gasteiger partial charge in [-0.25, -0.2) is 0 Å². The zero-order chi connectivity index (χ0) is 9.97. The smallest absolute Gasteiger partial charge is 0.0888 e. The molecule has 0 saturated carbocycles. The molecule has 0 aliphatic heterocycles. The van der Waals surface area contributed by atoms with Crippen molar-refractivity contribution < 1.29 is 0 Å². The summed E-state index contributed by atoms with van der Waals surface area (Å²) < 4.78 is 0. The molecule has 2 heteroatoms. The van der Waals surface area contributed by atoms with Crippen molar-refractivity contribution in [1.82, 2.24) is 9.97 Å². The van der Waals surface area contributed by atoms with Crippen molar-refractivity contribution in [1.29, 1.82) is 0 Å². The number of aryl methyl sites for hydroxylation is 2. The Morgan fingerprint density at radius 3 is 2.43 bits per heavy atom. The quantitative estimate of drug-likeness (QED) is 0.681. The molecule has 0 unspecified atom stereocenters. The highest BCUT2D eigenvalue weighted by molar-refractivity contribution is 5.55. The van der Waals surface area contributed by atoms with Crippen LogP contribution in [0.1, 0.15) is 11.1 Å². The highest BCUT2D eigenvalue weighted by Gasteiger charge is 2.00. The van der Waals surface area contributed by atoms with Crippen molar-refractivity contribution in [2.45, 2.75) is 13.8 Å². The fraction of sp³-hybridized carbons (Fsp3) is 0.167. The summed E-state index contributed by atoms with van der Waals surface area (Å²) in [6.45, 7) is 4.15. The van der Waals surface area contributed by atoms with Crippen LogP contribution in [0.2, 0.25) is 0 Å². The summed E-state index contributed by atoms with van der Waals surface area (Å²) in [6.07, 6.45) is 3.67. The van der Waals surface area contributed by atoms with E-state index in [-0.39, 0.29) is 0 Å². The Morgan fingerprint density at radius 1 is 0.929 bits per heavy atom. The number of pyridine rings is 2. The van der Waals surface area contributed by atoms with Crippen molar-refractivity contribution in [3.63, 3.8) is 0 Å². The van der Waals surface area contributed by atoms with E-state index in [1.165, 1.54) is 11.1 Å². The van der Waals surface area contributed by atoms with Crippen LogP contribution in [-0.4, -0.2) is 9.97 Å². The van der Waals surface area contributed by atoms with Crippen LogP contribution in [0, 0.1) is 13.8 Å². The first-order valence-electron chi connectivity index (χ1n) is 4.62. The molecule has 0 N–H and O–H groups in total. The second kappa shape index (κ2) is 3.58. The van der Waals surface area contributed by atoms with Crippen molar-refractivity contribution in [3.05, 3.63) is 47.8 Å². The molecule has 0 bridgehead atoms. The minimum absolute atomic E-state index is 0.926. The monoisotopic (exact) mass is 184 g/mol. The Balaban J connectivity index is 2.48. The Morgan fingerprint density at radius 2 is 1.79 bits per heavy atom. The molecule has 0 aliphatic carbocycles. The Hall–Kier alpha value is -1.70. The second-order valence-electron chi connectivity index (χ2n) is 3.37. The number of hydrogen-bond donors (Lipinski definition) is 0. The van der Waals surface area contributed by atoms with Crippen molar-refractivity contribution in [2.75, 3.05) is 0 Å². The van der Waals surface area contributed by atoms with Gasteiger partial charge < -0.3 is 0 Å². The summed E-state index contributed by atoms with van der Waals surface area (Å²) in [7, 11) is 0. The maximum absolute atomic E-state index is 4.35. The third-order valence-electron chi connectivity index (χ3n) is 2.30. The summed E-state index contributed by atoms with van der Waals surface area (Å²) >= 11 is 0. The number of aromatic nitrogens is 2. The van der Waals surface area contributed by atoms with E-state index in [1.807, 2.05) is 24.4 Å². The van der Waals surface area contributed by atoms with Gasteiger partial charge in [-0.3, -0.25) is 9.97 Å². The maximum Gasteiger partial charge on any atom is 0.0888 e. The molecule has 0 aliphatic rings. The topological polar surface area (TPSA) is 25.8 Å². The van der Waals surface area contributed by atoms with Gasteiger partial charge in [0.25, 0.3) is 0 Å². The molecule has 0 radical (unpaired) electrons. The van der Waals surface area contributed by atoms with Crippen LogP contribution in [0.15, 0.2) is 36.7 Å². The van der Waals surface area contributed by atoms with Gasteiger partial charge in [0.1, 0.15) is 0 Å². The zero-order valence-electron chi connectivity index (χ0n) is 8.36. The van der Waals surface area contributed by atoms with Crippen molar-refractivity contribution in [3.8, 4) is 11.4 Å². The van der Waals surface area contributed by atoms with Crippen LogP contribution >= 0.6 is 0 Å². The Bertz CT molecular complexity index is 435. The van der Waals surface area contributed by atoms with Gasteiger partial charge >= 0.3 is 0 Å². The minimum Gasteiger partial charge on any atom is -0.255 e. The first-order valence-corrected chi connectivity index (χ1v) is 4.62.